The smallest absolute Gasteiger partial charge is 0.138 e. The predicted octanol–water partition coefficient (Wildman–Crippen LogP) is 4.56. The molecular weight excluding hydrogens is 266 g/mol. The molecule has 2 heterocycles. The number of hydrogen-bond acceptors (Lipinski definition) is 4. The summed E-state index contributed by atoms with van der Waals surface area (Å²) in [5, 5.41) is 4.91. The largest absolute Gasteiger partial charge is 0.367 e. The first-order valence-electron chi connectivity index (χ1n) is 7.81. The Morgan fingerprint density at radius 1 is 1.30 bits per heavy atom. The fourth-order valence-corrected chi connectivity index (χ4v) is 4.27. The van der Waals surface area contributed by atoms with Crippen LogP contribution in [0, 0.1) is 0 Å². The molecular formula is C16H23N3S. The van der Waals surface area contributed by atoms with Crippen molar-refractivity contribution in [1.82, 2.24) is 9.97 Å². The van der Waals surface area contributed by atoms with Crippen LogP contribution in [0.2, 0.25) is 0 Å². The maximum Gasteiger partial charge on any atom is 0.138 e. The van der Waals surface area contributed by atoms with E-state index in [1.807, 2.05) is 11.3 Å². The molecule has 3 nitrogen and oxygen atoms in total. The van der Waals surface area contributed by atoms with Gasteiger partial charge in [0.15, 0.2) is 0 Å². The van der Waals surface area contributed by atoms with Crippen LogP contribution < -0.4 is 5.32 Å². The van der Waals surface area contributed by atoms with E-state index in [0.29, 0.717) is 6.04 Å². The van der Waals surface area contributed by atoms with Crippen molar-refractivity contribution in [3.05, 3.63) is 16.8 Å². The lowest BCUT2D eigenvalue weighted by Crippen LogP contribution is -2.16. The number of aromatic nitrogens is 2. The number of hydrogen-bond donors (Lipinski definition) is 1. The maximum atomic E-state index is 4.51. The fourth-order valence-electron chi connectivity index (χ4n) is 3.04. The molecule has 1 aliphatic carbocycles. The summed E-state index contributed by atoms with van der Waals surface area (Å²) in [6.45, 7) is 4.51. The third-order valence-electron chi connectivity index (χ3n) is 4.13. The minimum absolute atomic E-state index is 0.483. The summed E-state index contributed by atoms with van der Waals surface area (Å²) in [4.78, 5) is 11.7. The van der Waals surface area contributed by atoms with Gasteiger partial charge in [-0.05, 0) is 38.2 Å². The van der Waals surface area contributed by atoms with E-state index >= 15 is 0 Å². The fraction of sp³-hybridized carbons (Fsp3) is 0.625. The van der Waals surface area contributed by atoms with Crippen LogP contribution >= 0.6 is 11.3 Å². The van der Waals surface area contributed by atoms with E-state index in [2.05, 4.69) is 29.1 Å². The van der Waals surface area contributed by atoms with E-state index in [9.17, 15) is 0 Å². The van der Waals surface area contributed by atoms with Crippen LogP contribution in [0.15, 0.2) is 6.33 Å². The van der Waals surface area contributed by atoms with E-state index in [-0.39, 0.29) is 0 Å². The first-order chi connectivity index (χ1) is 9.79. The Kier molecular flexibility index (Phi) is 4.20. The molecule has 3 rings (SSSR count). The summed E-state index contributed by atoms with van der Waals surface area (Å²) in [6.07, 6.45) is 10.5. The Bertz CT molecular complexity index is 591. The molecule has 1 aliphatic rings. The Hall–Kier alpha value is -1.16. The van der Waals surface area contributed by atoms with Gasteiger partial charge in [-0.3, -0.25) is 0 Å². The molecule has 108 valence electrons. The zero-order valence-corrected chi connectivity index (χ0v) is 13.2. The first kappa shape index (κ1) is 13.8. The molecule has 0 bridgehead atoms. The summed E-state index contributed by atoms with van der Waals surface area (Å²) in [7, 11) is 0. The number of anilines is 1. The molecule has 0 fully saturated rings. The predicted molar refractivity (Wildman–Crippen MR) is 86.7 cm³/mol. The molecule has 0 spiro atoms. The van der Waals surface area contributed by atoms with Gasteiger partial charge in [0.05, 0.1) is 5.39 Å². The third-order valence-corrected chi connectivity index (χ3v) is 5.32. The van der Waals surface area contributed by atoms with Crippen molar-refractivity contribution in [3.63, 3.8) is 0 Å². The average Bonchev–Trinajstić information content (AvgIpc) is 2.99. The zero-order valence-electron chi connectivity index (χ0n) is 12.4. The van der Waals surface area contributed by atoms with Crippen LogP contribution in [-0.4, -0.2) is 16.0 Å². The van der Waals surface area contributed by atoms with Crippen LogP contribution in [0.25, 0.3) is 10.2 Å². The molecule has 0 amide bonds. The SMILES string of the molecule is CCCCC[C@@H](C)Nc1ncnc2sc3c(c12)CCC3. The lowest BCUT2D eigenvalue weighted by molar-refractivity contribution is 0.614. The molecule has 0 unspecified atom stereocenters. The molecule has 2 aromatic rings. The Balaban J connectivity index is 1.81. The molecule has 1 N–H and O–H groups in total. The van der Waals surface area contributed by atoms with E-state index in [1.165, 1.54) is 60.8 Å². The summed E-state index contributed by atoms with van der Waals surface area (Å²) >= 11 is 1.86. The van der Waals surface area contributed by atoms with Gasteiger partial charge >= 0.3 is 0 Å². The number of nitrogens with zero attached hydrogens (tertiary/aromatic N) is 2. The minimum Gasteiger partial charge on any atom is -0.367 e. The number of fused-ring (bicyclic) bond motifs is 3. The standard InChI is InChI=1S/C16H23N3S/c1-3-4-5-7-11(2)19-15-14-12-8-6-9-13(12)20-16(14)18-10-17-15/h10-11H,3-9H2,1-2H3,(H,17,18,19)/t11-/m1/s1. The maximum absolute atomic E-state index is 4.51. The lowest BCUT2D eigenvalue weighted by atomic mass is 10.1. The summed E-state index contributed by atoms with van der Waals surface area (Å²) in [5.74, 6) is 1.05. The summed E-state index contributed by atoms with van der Waals surface area (Å²) in [6, 6.07) is 0.483. The van der Waals surface area contributed by atoms with E-state index in [0.717, 1.165) is 10.6 Å². The molecule has 0 saturated carbocycles. The van der Waals surface area contributed by atoms with E-state index in [4.69, 9.17) is 0 Å². The monoisotopic (exact) mass is 289 g/mol. The van der Waals surface area contributed by atoms with E-state index in [1.54, 1.807) is 6.33 Å². The highest BCUT2D eigenvalue weighted by Crippen LogP contribution is 2.39. The second-order valence-electron chi connectivity index (χ2n) is 5.80. The van der Waals surface area contributed by atoms with Crippen molar-refractivity contribution in [2.24, 2.45) is 0 Å². The number of rotatable bonds is 6. The van der Waals surface area contributed by atoms with Gasteiger partial charge in [-0.25, -0.2) is 9.97 Å². The Labute approximate surface area is 124 Å². The number of aryl methyl sites for hydroxylation is 2. The van der Waals surface area contributed by atoms with Crippen LogP contribution in [0.4, 0.5) is 5.82 Å². The van der Waals surface area contributed by atoms with Gasteiger partial charge in [0.2, 0.25) is 0 Å². The van der Waals surface area contributed by atoms with Crippen molar-refractivity contribution in [2.75, 3.05) is 5.32 Å². The van der Waals surface area contributed by atoms with Gasteiger partial charge in [0.1, 0.15) is 17.0 Å². The average molecular weight is 289 g/mol. The molecule has 20 heavy (non-hydrogen) atoms. The van der Waals surface area contributed by atoms with Gasteiger partial charge in [0.25, 0.3) is 0 Å². The summed E-state index contributed by atoms with van der Waals surface area (Å²) < 4.78 is 0. The highest BCUT2D eigenvalue weighted by atomic mass is 32.1. The molecule has 0 aliphatic heterocycles. The van der Waals surface area contributed by atoms with Crippen molar-refractivity contribution >= 4 is 27.4 Å². The Morgan fingerprint density at radius 3 is 3.05 bits per heavy atom. The number of thiophene rings is 1. The third kappa shape index (κ3) is 2.66. The number of nitrogens with one attached hydrogen (secondary N) is 1. The first-order valence-corrected chi connectivity index (χ1v) is 8.63. The molecule has 4 heteroatoms. The number of unbranched alkanes of at least 4 members (excludes halogenated alkanes) is 2. The van der Waals surface area contributed by atoms with Crippen molar-refractivity contribution in [2.45, 2.75) is 64.8 Å². The molecule has 1 atom stereocenters. The van der Waals surface area contributed by atoms with Gasteiger partial charge in [0, 0.05) is 10.9 Å². The normalized spacial score (nSPS) is 15.5. The second-order valence-corrected chi connectivity index (χ2v) is 6.88. The van der Waals surface area contributed by atoms with Gasteiger partial charge in [-0.15, -0.1) is 11.3 Å². The van der Waals surface area contributed by atoms with Gasteiger partial charge in [-0.1, -0.05) is 26.2 Å². The lowest BCUT2D eigenvalue weighted by Gasteiger charge is -2.15. The highest BCUT2D eigenvalue weighted by Gasteiger charge is 2.21. The molecule has 0 saturated heterocycles. The van der Waals surface area contributed by atoms with Crippen molar-refractivity contribution in [1.29, 1.82) is 0 Å². The van der Waals surface area contributed by atoms with Crippen molar-refractivity contribution < 1.29 is 0 Å². The zero-order chi connectivity index (χ0) is 13.9. The van der Waals surface area contributed by atoms with Crippen LogP contribution in [-0.2, 0) is 12.8 Å². The quantitative estimate of drug-likeness (QED) is 0.792. The van der Waals surface area contributed by atoms with E-state index < -0.39 is 0 Å². The van der Waals surface area contributed by atoms with Crippen LogP contribution in [0.3, 0.4) is 0 Å². The second kappa shape index (κ2) is 6.08. The topological polar surface area (TPSA) is 37.8 Å². The molecule has 2 aromatic heterocycles. The highest BCUT2D eigenvalue weighted by molar-refractivity contribution is 7.19. The minimum atomic E-state index is 0.483. The van der Waals surface area contributed by atoms with Crippen molar-refractivity contribution in [3.8, 4) is 0 Å². The van der Waals surface area contributed by atoms with Crippen LogP contribution in [0.1, 0.15) is 56.4 Å². The van der Waals surface area contributed by atoms with Gasteiger partial charge in [-0.2, -0.15) is 0 Å². The molecule has 0 radical (unpaired) electrons. The van der Waals surface area contributed by atoms with Crippen LogP contribution in [0.5, 0.6) is 0 Å². The molecule has 0 aromatic carbocycles. The summed E-state index contributed by atoms with van der Waals surface area (Å²) in [5.41, 5.74) is 1.51. The Morgan fingerprint density at radius 2 is 2.20 bits per heavy atom. The van der Waals surface area contributed by atoms with Gasteiger partial charge < -0.3 is 5.32 Å².